The molecule has 0 heterocycles. The zero-order chi connectivity index (χ0) is 12.0. The van der Waals surface area contributed by atoms with Gasteiger partial charge in [0.15, 0.2) is 0 Å². The normalized spacial score (nSPS) is 18.6. The third-order valence-corrected chi connectivity index (χ3v) is 4.13. The second-order valence-corrected chi connectivity index (χ2v) is 7.41. The van der Waals surface area contributed by atoms with Gasteiger partial charge in [0, 0.05) is 23.2 Å². The van der Waals surface area contributed by atoms with E-state index in [2.05, 4.69) is 6.92 Å². The lowest BCUT2D eigenvalue weighted by molar-refractivity contribution is 0.0959. The molecule has 0 aromatic carbocycles. The standard InChI is InChI=1S/C11H21ClO3S/c1-2-3-4-7-15-8-11(10-5-6-10)9-16(12,13)14/h10-11H,2-9H2,1H3. The molecule has 1 aliphatic rings. The Balaban J connectivity index is 2.19. The average Bonchev–Trinajstić information content (AvgIpc) is 2.97. The molecule has 1 fully saturated rings. The summed E-state index contributed by atoms with van der Waals surface area (Å²) in [6.45, 7) is 3.42. The first-order chi connectivity index (χ1) is 7.53. The summed E-state index contributed by atoms with van der Waals surface area (Å²) >= 11 is 0. The van der Waals surface area contributed by atoms with Gasteiger partial charge in [-0.15, -0.1) is 0 Å². The molecule has 0 aromatic rings. The van der Waals surface area contributed by atoms with E-state index in [9.17, 15) is 8.42 Å². The van der Waals surface area contributed by atoms with Crippen LogP contribution in [0.5, 0.6) is 0 Å². The van der Waals surface area contributed by atoms with Crippen molar-refractivity contribution in [2.24, 2.45) is 11.8 Å². The Kier molecular flexibility index (Phi) is 6.08. The fourth-order valence-corrected chi connectivity index (χ4v) is 3.20. The van der Waals surface area contributed by atoms with Crippen molar-refractivity contribution < 1.29 is 13.2 Å². The summed E-state index contributed by atoms with van der Waals surface area (Å²) in [6, 6.07) is 0. The molecule has 96 valence electrons. The fourth-order valence-electron chi connectivity index (χ4n) is 1.83. The molecule has 0 bridgehead atoms. The van der Waals surface area contributed by atoms with Gasteiger partial charge in [-0.3, -0.25) is 0 Å². The van der Waals surface area contributed by atoms with E-state index in [1.807, 2.05) is 0 Å². The Bertz CT molecular complexity index is 286. The van der Waals surface area contributed by atoms with Crippen molar-refractivity contribution in [1.82, 2.24) is 0 Å². The predicted molar refractivity (Wildman–Crippen MR) is 66.2 cm³/mol. The molecule has 5 heteroatoms. The van der Waals surface area contributed by atoms with Gasteiger partial charge in [0.1, 0.15) is 0 Å². The van der Waals surface area contributed by atoms with Crippen LogP contribution in [0.1, 0.15) is 39.0 Å². The van der Waals surface area contributed by atoms with Crippen molar-refractivity contribution in [2.75, 3.05) is 19.0 Å². The van der Waals surface area contributed by atoms with Crippen molar-refractivity contribution in [3.63, 3.8) is 0 Å². The molecule has 1 saturated carbocycles. The number of ether oxygens (including phenoxy) is 1. The number of hydrogen-bond acceptors (Lipinski definition) is 3. The number of unbranched alkanes of at least 4 members (excludes halogenated alkanes) is 2. The Morgan fingerprint density at radius 1 is 1.38 bits per heavy atom. The minimum Gasteiger partial charge on any atom is -0.381 e. The average molecular weight is 269 g/mol. The van der Waals surface area contributed by atoms with Crippen LogP contribution >= 0.6 is 10.7 Å². The van der Waals surface area contributed by atoms with Crippen LogP contribution in [0.3, 0.4) is 0 Å². The Hall–Kier alpha value is 0.200. The molecule has 0 saturated heterocycles. The van der Waals surface area contributed by atoms with Gasteiger partial charge >= 0.3 is 0 Å². The highest BCUT2D eigenvalue weighted by molar-refractivity contribution is 8.13. The van der Waals surface area contributed by atoms with Gasteiger partial charge in [0.05, 0.1) is 12.4 Å². The van der Waals surface area contributed by atoms with Crippen molar-refractivity contribution >= 4 is 19.7 Å². The van der Waals surface area contributed by atoms with E-state index in [0.717, 1.165) is 25.9 Å². The van der Waals surface area contributed by atoms with Crippen LogP contribution < -0.4 is 0 Å². The number of rotatable bonds is 9. The van der Waals surface area contributed by atoms with Gasteiger partial charge < -0.3 is 4.74 Å². The molecule has 0 radical (unpaired) electrons. The third-order valence-electron chi connectivity index (χ3n) is 2.93. The van der Waals surface area contributed by atoms with E-state index in [1.165, 1.54) is 12.8 Å². The quantitative estimate of drug-likeness (QED) is 0.477. The fraction of sp³-hybridized carbons (Fsp3) is 1.00. The molecule has 0 amide bonds. The topological polar surface area (TPSA) is 43.4 Å². The summed E-state index contributed by atoms with van der Waals surface area (Å²) in [7, 11) is 1.90. The molecule has 1 rings (SSSR count). The lowest BCUT2D eigenvalue weighted by Crippen LogP contribution is -2.20. The molecule has 0 aliphatic heterocycles. The molecule has 1 unspecified atom stereocenters. The summed E-state index contributed by atoms with van der Waals surface area (Å²) in [5.74, 6) is 0.677. The maximum atomic E-state index is 11.0. The minimum absolute atomic E-state index is 0.0625. The summed E-state index contributed by atoms with van der Waals surface area (Å²) in [5, 5.41) is 0. The van der Waals surface area contributed by atoms with Crippen LogP contribution in [0.15, 0.2) is 0 Å². The van der Waals surface area contributed by atoms with Crippen LogP contribution in [-0.4, -0.2) is 27.4 Å². The van der Waals surface area contributed by atoms with Crippen molar-refractivity contribution in [3.8, 4) is 0 Å². The predicted octanol–water partition coefficient (Wildman–Crippen LogP) is 2.79. The zero-order valence-electron chi connectivity index (χ0n) is 9.82. The van der Waals surface area contributed by atoms with Crippen LogP contribution in [-0.2, 0) is 13.8 Å². The van der Waals surface area contributed by atoms with Crippen LogP contribution in [0.4, 0.5) is 0 Å². The minimum atomic E-state index is -3.38. The van der Waals surface area contributed by atoms with E-state index in [1.54, 1.807) is 0 Å². The van der Waals surface area contributed by atoms with Crippen molar-refractivity contribution in [2.45, 2.75) is 39.0 Å². The van der Waals surface area contributed by atoms with E-state index in [4.69, 9.17) is 15.4 Å². The van der Waals surface area contributed by atoms with Crippen molar-refractivity contribution in [1.29, 1.82) is 0 Å². The Labute approximate surface area is 103 Å². The van der Waals surface area contributed by atoms with Gasteiger partial charge in [-0.2, -0.15) is 0 Å². The van der Waals surface area contributed by atoms with Gasteiger partial charge in [-0.25, -0.2) is 8.42 Å². The SMILES string of the molecule is CCCCCOCC(CS(=O)(=O)Cl)C1CC1. The molecule has 0 N–H and O–H groups in total. The van der Waals surface area contributed by atoms with Gasteiger partial charge in [-0.05, 0) is 25.2 Å². The van der Waals surface area contributed by atoms with E-state index in [0.29, 0.717) is 12.5 Å². The summed E-state index contributed by atoms with van der Waals surface area (Å²) in [6.07, 6.45) is 5.64. The maximum Gasteiger partial charge on any atom is 0.232 e. The van der Waals surface area contributed by atoms with Crippen LogP contribution in [0.2, 0.25) is 0 Å². The van der Waals surface area contributed by atoms with Crippen LogP contribution in [0.25, 0.3) is 0 Å². The largest absolute Gasteiger partial charge is 0.381 e. The second-order valence-electron chi connectivity index (χ2n) is 4.59. The maximum absolute atomic E-state index is 11.0. The molecule has 0 spiro atoms. The van der Waals surface area contributed by atoms with Crippen LogP contribution in [0, 0.1) is 11.8 Å². The molecule has 1 atom stereocenters. The first kappa shape index (κ1) is 14.3. The van der Waals surface area contributed by atoms with Gasteiger partial charge in [0.2, 0.25) is 9.05 Å². The van der Waals surface area contributed by atoms with Gasteiger partial charge in [0.25, 0.3) is 0 Å². The van der Waals surface area contributed by atoms with E-state index in [-0.39, 0.29) is 11.7 Å². The number of halogens is 1. The lowest BCUT2D eigenvalue weighted by Gasteiger charge is -2.14. The molecule has 0 aromatic heterocycles. The molecular weight excluding hydrogens is 248 g/mol. The highest BCUT2D eigenvalue weighted by atomic mass is 35.7. The number of hydrogen-bond donors (Lipinski definition) is 0. The summed E-state index contributed by atoms with van der Waals surface area (Å²) in [5.41, 5.74) is 0. The highest BCUT2D eigenvalue weighted by Gasteiger charge is 2.33. The Morgan fingerprint density at radius 3 is 2.56 bits per heavy atom. The smallest absolute Gasteiger partial charge is 0.232 e. The highest BCUT2D eigenvalue weighted by Crippen LogP contribution is 2.38. The van der Waals surface area contributed by atoms with E-state index < -0.39 is 9.05 Å². The molecule has 1 aliphatic carbocycles. The Morgan fingerprint density at radius 2 is 2.06 bits per heavy atom. The lowest BCUT2D eigenvalue weighted by atomic mass is 10.1. The first-order valence-electron chi connectivity index (χ1n) is 6.03. The van der Waals surface area contributed by atoms with E-state index >= 15 is 0 Å². The van der Waals surface area contributed by atoms with Gasteiger partial charge in [-0.1, -0.05) is 19.8 Å². The van der Waals surface area contributed by atoms with Crippen molar-refractivity contribution in [3.05, 3.63) is 0 Å². The third kappa shape index (κ3) is 6.71. The first-order valence-corrected chi connectivity index (χ1v) is 8.51. The summed E-state index contributed by atoms with van der Waals surface area (Å²) in [4.78, 5) is 0. The molecular formula is C11H21ClO3S. The molecule has 3 nitrogen and oxygen atoms in total. The second kappa shape index (κ2) is 6.82. The zero-order valence-corrected chi connectivity index (χ0v) is 11.4. The summed E-state index contributed by atoms with van der Waals surface area (Å²) < 4.78 is 27.6. The monoisotopic (exact) mass is 268 g/mol. The molecule has 16 heavy (non-hydrogen) atoms.